The van der Waals surface area contributed by atoms with Crippen molar-refractivity contribution < 1.29 is 14.7 Å². The number of rotatable bonds is 5. The van der Waals surface area contributed by atoms with Gasteiger partial charge in [-0.1, -0.05) is 18.2 Å². The van der Waals surface area contributed by atoms with Crippen LogP contribution in [-0.4, -0.2) is 28.0 Å². The molecule has 1 atom stereocenters. The third-order valence-corrected chi connectivity index (χ3v) is 4.32. The molecule has 120 valence electrons. The molecule has 0 fully saturated rings. The molecule has 1 aliphatic rings. The molecule has 1 aliphatic carbocycles. The van der Waals surface area contributed by atoms with Crippen LogP contribution in [-0.2, 0) is 17.6 Å². The van der Waals surface area contributed by atoms with E-state index in [1.54, 1.807) is 0 Å². The molecule has 0 saturated carbocycles. The zero-order valence-electron chi connectivity index (χ0n) is 13.1. The van der Waals surface area contributed by atoms with Crippen LogP contribution in [0, 0.1) is 0 Å². The molecular weight excluding hydrogens is 292 g/mol. The average Bonchev–Trinajstić information content (AvgIpc) is 2.98. The van der Waals surface area contributed by atoms with Gasteiger partial charge in [-0.15, -0.1) is 0 Å². The maximum absolute atomic E-state index is 12.8. The number of amides is 1. The Morgan fingerprint density at radius 1 is 1.30 bits per heavy atom. The Bertz CT molecular complexity index is 770. The van der Waals surface area contributed by atoms with Gasteiger partial charge in [0, 0.05) is 23.5 Å². The number of nitrogens with zero attached hydrogens (tertiary/aromatic N) is 1. The molecule has 2 N–H and O–H groups in total. The first-order valence-corrected chi connectivity index (χ1v) is 7.99. The fraction of sp³-hybridized carbons (Fsp3) is 0.389. The van der Waals surface area contributed by atoms with E-state index in [-0.39, 0.29) is 18.4 Å². The number of fused-ring (bicyclic) bond motifs is 2. The molecule has 5 heteroatoms. The van der Waals surface area contributed by atoms with Crippen LogP contribution in [0.3, 0.4) is 0 Å². The van der Waals surface area contributed by atoms with Gasteiger partial charge in [0.05, 0.1) is 11.1 Å². The van der Waals surface area contributed by atoms with Gasteiger partial charge in [-0.05, 0) is 44.2 Å². The Morgan fingerprint density at radius 2 is 2.09 bits per heavy atom. The summed E-state index contributed by atoms with van der Waals surface area (Å²) in [6.45, 7) is 1.84. The molecule has 1 aromatic heterocycles. The fourth-order valence-corrected chi connectivity index (χ4v) is 3.18. The van der Waals surface area contributed by atoms with E-state index in [1.807, 2.05) is 31.2 Å². The highest BCUT2D eigenvalue weighted by Crippen LogP contribution is 2.29. The van der Waals surface area contributed by atoms with E-state index in [4.69, 9.17) is 5.11 Å². The quantitative estimate of drug-likeness (QED) is 0.889. The number of hydrogen-bond donors (Lipinski definition) is 2. The minimum Gasteiger partial charge on any atom is -0.481 e. The van der Waals surface area contributed by atoms with Gasteiger partial charge in [0.25, 0.3) is 5.91 Å². The predicted molar refractivity (Wildman–Crippen MR) is 87.6 cm³/mol. The number of hydrogen-bond acceptors (Lipinski definition) is 3. The van der Waals surface area contributed by atoms with Crippen molar-refractivity contribution in [3.63, 3.8) is 0 Å². The summed E-state index contributed by atoms with van der Waals surface area (Å²) in [6, 6.07) is 7.52. The second kappa shape index (κ2) is 6.36. The number of aliphatic carboxylic acids is 1. The van der Waals surface area contributed by atoms with Crippen LogP contribution in [0.15, 0.2) is 24.3 Å². The first-order chi connectivity index (χ1) is 11.1. The minimum absolute atomic E-state index is 0.0522. The summed E-state index contributed by atoms with van der Waals surface area (Å²) in [5, 5.41) is 12.6. The smallest absolute Gasteiger partial charge is 0.303 e. The summed E-state index contributed by atoms with van der Waals surface area (Å²) < 4.78 is 0. The van der Waals surface area contributed by atoms with Gasteiger partial charge in [-0.2, -0.15) is 0 Å². The number of carbonyl (C=O) groups excluding carboxylic acids is 1. The van der Waals surface area contributed by atoms with Crippen LogP contribution >= 0.6 is 0 Å². The molecule has 2 aromatic rings. The van der Waals surface area contributed by atoms with Gasteiger partial charge in [0.2, 0.25) is 0 Å². The van der Waals surface area contributed by atoms with Crippen molar-refractivity contribution >= 4 is 22.8 Å². The number of aryl methyl sites for hydroxylation is 1. The largest absolute Gasteiger partial charge is 0.481 e. The molecule has 1 unspecified atom stereocenters. The molecule has 0 spiro atoms. The number of nitrogens with one attached hydrogen (secondary N) is 1. The molecule has 0 saturated heterocycles. The number of carboxylic acid groups (broad SMARTS) is 1. The monoisotopic (exact) mass is 312 g/mol. The molecule has 1 heterocycles. The van der Waals surface area contributed by atoms with Gasteiger partial charge < -0.3 is 10.4 Å². The summed E-state index contributed by atoms with van der Waals surface area (Å²) in [4.78, 5) is 28.1. The lowest BCUT2D eigenvalue weighted by Crippen LogP contribution is -2.33. The van der Waals surface area contributed by atoms with Crippen molar-refractivity contribution in [2.24, 2.45) is 0 Å². The Hall–Kier alpha value is -2.43. The third-order valence-electron chi connectivity index (χ3n) is 4.32. The summed E-state index contributed by atoms with van der Waals surface area (Å²) in [5.41, 5.74) is 3.63. The number of carbonyl (C=O) groups is 2. The molecule has 1 aromatic carbocycles. The lowest BCUT2D eigenvalue weighted by Gasteiger charge is -2.16. The Kier molecular flexibility index (Phi) is 4.28. The van der Waals surface area contributed by atoms with E-state index in [9.17, 15) is 9.59 Å². The highest BCUT2D eigenvalue weighted by Gasteiger charge is 2.24. The van der Waals surface area contributed by atoms with Gasteiger partial charge >= 0.3 is 5.97 Å². The maximum Gasteiger partial charge on any atom is 0.303 e. The molecule has 0 aliphatic heterocycles. The minimum atomic E-state index is -0.846. The fourth-order valence-electron chi connectivity index (χ4n) is 3.18. The van der Waals surface area contributed by atoms with Gasteiger partial charge in [-0.3, -0.25) is 14.6 Å². The maximum atomic E-state index is 12.8. The Labute approximate surface area is 134 Å². The number of pyridine rings is 1. The van der Waals surface area contributed by atoms with Crippen molar-refractivity contribution in [1.82, 2.24) is 10.3 Å². The zero-order chi connectivity index (χ0) is 16.4. The molecule has 0 radical (unpaired) electrons. The highest BCUT2D eigenvalue weighted by atomic mass is 16.4. The van der Waals surface area contributed by atoms with E-state index in [1.165, 1.54) is 0 Å². The summed E-state index contributed by atoms with van der Waals surface area (Å²) in [7, 11) is 0. The number of carboxylic acids is 1. The van der Waals surface area contributed by atoms with Crippen molar-refractivity contribution in [1.29, 1.82) is 0 Å². The van der Waals surface area contributed by atoms with E-state index < -0.39 is 5.97 Å². The summed E-state index contributed by atoms with van der Waals surface area (Å²) in [5.74, 6) is -0.971. The van der Waals surface area contributed by atoms with Crippen LogP contribution in [0.1, 0.15) is 47.8 Å². The molecule has 3 rings (SSSR count). The topological polar surface area (TPSA) is 79.3 Å². The standard InChI is InChI=1S/C18H20N2O3/c1-11(9-10-16(21)22)19-18(23)17-12-5-2-3-7-14(12)20-15-8-4-6-13(15)17/h2-3,5,7,11H,4,6,8-10H2,1H3,(H,19,23)(H,21,22). The third kappa shape index (κ3) is 3.18. The lowest BCUT2D eigenvalue weighted by molar-refractivity contribution is -0.137. The van der Waals surface area contributed by atoms with Crippen LogP contribution in [0.4, 0.5) is 0 Å². The van der Waals surface area contributed by atoms with Crippen molar-refractivity contribution in [2.75, 3.05) is 0 Å². The van der Waals surface area contributed by atoms with Gasteiger partial charge in [0.15, 0.2) is 0 Å². The molecule has 5 nitrogen and oxygen atoms in total. The number of para-hydroxylation sites is 1. The second-order valence-electron chi connectivity index (χ2n) is 6.09. The van der Waals surface area contributed by atoms with E-state index >= 15 is 0 Å². The molecule has 0 bridgehead atoms. The van der Waals surface area contributed by atoms with Crippen LogP contribution in [0.25, 0.3) is 10.9 Å². The predicted octanol–water partition coefficient (Wildman–Crippen LogP) is 2.71. The first-order valence-electron chi connectivity index (χ1n) is 7.99. The summed E-state index contributed by atoms with van der Waals surface area (Å²) in [6.07, 6.45) is 3.28. The highest BCUT2D eigenvalue weighted by molar-refractivity contribution is 6.08. The van der Waals surface area contributed by atoms with E-state index in [0.717, 1.165) is 41.4 Å². The van der Waals surface area contributed by atoms with Crippen molar-refractivity contribution in [3.8, 4) is 0 Å². The normalized spacial score (nSPS) is 14.5. The number of aromatic nitrogens is 1. The van der Waals surface area contributed by atoms with Crippen LogP contribution in [0.5, 0.6) is 0 Å². The average molecular weight is 312 g/mol. The number of benzene rings is 1. The van der Waals surface area contributed by atoms with Crippen LogP contribution in [0.2, 0.25) is 0 Å². The van der Waals surface area contributed by atoms with Crippen LogP contribution < -0.4 is 5.32 Å². The Balaban J connectivity index is 1.92. The summed E-state index contributed by atoms with van der Waals surface area (Å²) >= 11 is 0. The lowest BCUT2D eigenvalue weighted by atomic mass is 10.00. The first kappa shape index (κ1) is 15.5. The molecule has 1 amide bonds. The molecular formula is C18H20N2O3. The van der Waals surface area contributed by atoms with Crippen molar-refractivity contribution in [2.45, 2.75) is 45.1 Å². The van der Waals surface area contributed by atoms with Gasteiger partial charge in [0.1, 0.15) is 0 Å². The van der Waals surface area contributed by atoms with Gasteiger partial charge in [-0.25, -0.2) is 0 Å². The Morgan fingerprint density at radius 3 is 2.87 bits per heavy atom. The zero-order valence-corrected chi connectivity index (χ0v) is 13.1. The SMILES string of the molecule is CC(CCC(=O)O)NC(=O)c1c2c(nc3ccccc13)CCC2. The van der Waals surface area contributed by atoms with Crippen molar-refractivity contribution in [3.05, 3.63) is 41.1 Å². The van der Waals surface area contributed by atoms with E-state index in [2.05, 4.69) is 10.3 Å². The second-order valence-corrected chi connectivity index (χ2v) is 6.09. The molecule has 23 heavy (non-hydrogen) atoms. The van der Waals surface area contributed by atoms with E-state index in [0.29, 0.717) is 12.0 Å².